The van der Waals surface area contributed by atoms with Crippen molar-refractivity contribution in [3.05, 3.63) is 46.0 Å². The number of rotatable bonds is 6. The molecule has 0 aromatic carbocycles. The van der Waals surface area contributed by atoms with Crippen LogP contribution in [0.1, 0.15) is 27.6 Å². The fourth-order valence-electron chi connectivity index (χ4n) is 3.08. The van der Waals surface area contributed by atoms with Crippen molar-refractivity contribution in [2.45, 2.75) is 19.4 Å². The van der Waals surface area contributed by atoms with Crippen LogP contribution in [0.3, 0.4) is 0 Å². The van der Waals surface area contributed by atoms with Crippen molar-refractivity contribution in [2.75, 3.05) is 39.8 Å². The Morgan fingerprint density at radius 1 is 1.22 bits per heavy atom. The first-order chi connectivity index (χ1) is 13.2. The van der Waals surface area contributed by atoms with Crippen molar-refractivity contribution in [2.24, 2.45) is 0 Å². The number of hydrogen-bond acceptors (Lipinski definition) is 6. The Bertz CT molecular complexity index is 744. The number of methoxy groups -OCH3 is 1. The Labute approximate surface area is 162 Å². The van der Waals surface area contributed by atoms with Crippen LogP contribution < -0.4 is 5.32 Å². The monoisotopic (exact) mass is 391 g/mol. The number of amides is 2. The molecule has 0 atom stereocenters. The molecule has 8 heteroatoms. The molecule has 27 heavy (non-hydrogen) atoms. The van der Waals surface area contributed by atoms with E-state index in [1.807, 2.05) is 16.3 Å². The van der Waals surface area contributed by atoms with E-state index >= 15 is 0 Å². The fourth-order valence-corrected chi connectivity index (χ4v) is 3.79. The van der Waals surface area contributed by atoms with Gasteiger partial charge in [0, 0.05) is 37.6 Å². The van der Waals surface area contributed by atoms with E-state index in [4.69, 9.17) is 4.42 Å². The van der Waals surface area contributed by atoms with Crippen molar-refractivity contribution in [3.8, 4) is 0 Å². The number of nitrogens with one attached hydrogen (secondary N) is 1. The van der Waals surface area contributed by atoms with Crippen LogP contribution in [0.2, 0.25) is 0 Å². The maximum absolute atomic E-state index is 12.4. The van der Waals surface area contributed by atoms with Crippen LogP contribution in [0.15, 0.2) is 34.1 Å². The van der Waals surface area contributed by atoms with E-state index in [9.17, 15) is 9.59 Å². The van der Waals surface area contributed by atoms with Gasteiger partial charge in [-0.15, -0.1) is 11.3 Å². The molecule has 1 saturated heterocycles. The average molecular weight is 391 g/mol. The zero-order chi connectivity index (χ0) is 19.1. The number of carbonyl (C=O) groups excluding carboxylic acids is 2. The highest BCUT2D eigenvalue weighted by atomic mass is 32.1. The second kappa shape index (κ2) is 9.57. The van der Waals surface area contributed by atoms with Crippen LogP contribution in [-0.2, 0) is 17.7 Å². The van der Waals surface area contributed by atoms with Crippen molar-refractivity contribution in [3.63, 3.8) is 0 Å². The lowest BCUT2D eigenvalue weighted by molar-refractivity contribution is 0.0561. The lowest BCUT2D eigenvalue weighted by atomic mass is 10.3. The fraction of sp³-hybridized carbons (Fsp3) is 0.474. The summed E-state index contributed by atoms with van der Waals surface area (Å²) in [6, 6.07) is 7.54. The second-order valence-corrected chi connectivity index (χ2v) is 7.47. The standard InChI is InChI=1S/C19H25N3O4S/c1-25-18(23)17-6-5-15(26-17)14-21-9-3-10-22(12-11-21)19(24)20-8-7-16-4-2-13-27-16/h2,4-6,13H,3,7-12,14H2,1H3,(H,20,24). The third-order valence-corrected chi connectivity index (χ3v) is 5.47. The minimum atomic E-state index is -0.470. The van der Waals surface area contributed by atoms with Gasteiger partial charge in [-0.1, -0.05) is 6.07 Å². The number of ether oxygens (including phenoxy) is 1. The van der Waals surface area contributed by atoms with Gasteiger partial charge in [-0.3, -0.25) is 4.90 Å². The zero-order valence-electron chi connectivity index (χ0n) is 15.5. The maximum Gasteiger partial charge on any atom is 0.373 e. The minimum Gasteiger partial charge on any atom is -0.463 e. The van der Waals surface area contributed by atoms with Gasteiger partial charge < -0.3 is 19.4 Å². The highest BCUT2D eigenvalue weighted by molar-refractivity contribution is 7.09. The minimum absolute atomic E-state index is 0.000572. The van der Waals surface area contributed by atoms with Gasteiger partial charge in [-0.25, -0.2) is 9.59 Å². The van der Waals surface area contributed by atoms with Gasteiger partial charge in [0.05, 0.1) is 13.7 Å². The predicted molar refractivity (Wildman–Crippen MR) is 103 cm³/mol. The summed E-state index contributed by atoms with van der Waals surface area (Å²) in [6.07, 6.45) is 1.77. The largest absolute Gasteiger partial charge is 0.463 e. The SMILES string of the molecule is COC(=O)c1ccc(CN2CCCN(C(=O)NCCc3cccs3)CC2)o1. The van der Waals surface area contributed by atoms with E-state index in [1.165, 1.54) is 12.0 Å². The Morgan fingerprint density at radius 3 is 2.89 bits per heavy atom. The van der Waals surface area contributed by atoms with Crippen LogP contribution in [0, 0.1) is 0 Å². The summed E-state index contributed by atoms with van der Waals surface area (Å²) in [4.78, 5) is 29.2. The predicted octanol–water partition coefficient (Wildman–Crippen LogP) is 2.59. The molecular formula is C19H25N3O4S. The number of furan rings is 1. The lowest BCUT2D eigenvalue weighted by Gasteiger charge is -2.21. The second-order valence-electron chi connectivity index (χ2n) is 6.44. The topological polar surface area (TPSA) is 75.0 Å². The third kappa shape index (κ3) is 5.58. The molecular weight excluding hydrogens is 366 g/mol. The normalized spacial score (nSPS) is 15.4. The summed E-state index contributed by atoms with van der Waals surface area (Å²) in [7, 11) is 1.33. The molecule has 0 saturated carbocycles. The first-order valence-corrected chi connectivity index (χ1v) is 9.98. The van der Waals surface area contributed by atoms with Crippen molar-refractivity contribution in [1.82, 2.24) is 15.1 Å². The summed E-state index contributed by atoms with van der Waals surface area (Å²) < 4.78 is 10.2. The number of nitrogens with zero attached hydrogens (tertiary/aromatic N) is 2. The number of esters is 1. The number of thiophene rings is 1. The Kier molecular flexibility index (Phi) is 6.89. The molecule has 0 bridgehead atoms. The van der Waals surface area contributed by atoms with Crippen molar-refractivity contribution < 1.29 is 18.7 Å². The average Bonchev–Trinajstić information content (AvgIpc) is 3.30. The van der Waals surface area contributed by atoms with Gasteiger partial charge in [-0.05, 0) is 36.4 Å². The van der Waals surface area contributed by atoms with Crippen LogP contribution in [0.4, 0.5) is 4.79 Å². The van der Waals surface area contributed by atoms with Gasteiger partial charge >= 0.3 is 12.0 Å². The van der Waals surface area contributed by atoms with E-state index in [2.05, 4.69) is 21.0 Å². The molecule has 3 rings (SSSR count). The summed E-state index contributed by atoms with van der Waals surface area (Å²) in [5.74, 6) is 0.473. The molecule has 1 N–H and O–H groups in total. The summed E-state index contributed by atoms with van der Waals surface area (Å²) in [6.45, 7) is 4.34. The molecule has 0 radical (unpaired) electrons. The Morgan fingerprint density at radius 2 is 2.11 bits per heavy atom. The Balaban J connectivity index is 1.43. The number of hydrogen-bond donors (Lipinski definition) is 1. The molecule has 2 amide bonds. The van der Waals surface area contributed by atoms with Crippen LogP contribution in [0.5, 0.6) is 0 Å². The molecule has 1 fully saturated rings. The summed E-state index contributed by atoms with van der Waals surface area (Å²) in [5.41, 5.74) is 0. The van der Waals surface area contributed by atoms with Crippen molar-refractivity contribution >= 4 is 23.3 Å². The molecule has 3 heterocycles. The van der Waals surface area contributed by atoms with E-state index in [1.54, 1.807) is 23.5 Å². The van der Waals surface area contributed by atoms with Gasteiger partial charge in [0.1, 0.15) is 5.76 Å². The first-order valence-electron chi connectivity index (χ1n) is 9.10. The molecule has 146 valence electrons. The van der Waals surface area contributed by atoms with Gasteiger partial charge in [0.2, 0.25) is 5.76 Å². The van der Waals surface area contributed by atoms with Crippen LogP contribution in [0.25, 0.3) is 0 Å². The molecule has 1 aliphatic heterocycles. The molecule has 2 aromatic heterocycles. The summed E-state index contributed by atoms with van der Waals surface area (Å²) >= 11 is 1.71. The lowest BCUT2D eigenvalue weighted by Crippen LogP contribution is -2.42. The van der Waals surface area contributed by atoms with E-state index in [0.29, 0.717) is 19.6 Å². The number of carbonyl (C=O) groups is 2. The van der Waals surface area contributed by atoms with Gasteiger partial charge in [0.25, 0.3) is 0 Å². The highest BCUT2D eigenvalue weighted by Crippen LogP contribution is 2.14. The van der Waals surface area contributed by atoms with E-state index < -0.39 is 5.97 Å². The van der Waals surface area contributed by atoms with Crippen LogP contribution in [-0.4, -0.2) is 61.6 Å². The molecule has 2 aromatic rings. The van der Waals surface area contributed by atoms with Gasteiger partial charge in [0.15, 0.2) is 0 Å². The summed E-state index contributed by atoms with van der Waals surface area (Å²) in [5, 5.41) is 5.06. The van der Waals surface area contributed by atoms with Gasteiger partial charge in [-0.2, -0.15) is 0 Å². The highest BCUT2D eigenvalue weighted by Gasteiger charge is 2.20. The van der Waals surface area contributed by atoms with Crippen molar-refractivity contribution in [1.29, 1.82) is 0 Å². The molecule has 0 spiro atoms. The maximum atomic E-state index is 12.4. The Hall–Kier alpha value is -2.32. The van der Waals surface area contributed by atoms with Crippen LogP contribution >= 0.6 is 11.3 Å². The molecule has 0 aliphatic carbocycles. The van der Waals surface area contributed by atoms with E-state index in [-0.39, 0.29) is 11.8 Å². The molecule has 7 nitrogen and oxygen atoms in total. The smallest absolute Gasteiger partial charge is 0.373 e. The zero-order valence-corrected chi connectivity index (χ0v) is 16.3. The number of urea groups is 1. The quantitative estimate of drug-likeness (QED) is 0.766. The molecule has 1 aliphatic rings. The first kappa shape index (κ1) is 19.4. The molecule has 0 unspecified atom stereocenters. The third-order valence-electron chi connectivity index (χ3n) is 4.53. The van der Waals surface area contributed by atoms with E-state index in [0.717, 1.165) is 38.2 Å².